The van der Waals surface area contributed by atoms with Gasteiger partial charge < -0.3 is 10.6 Å². The molecule has 17 heavy (non-hydrogen) atoms. The van der Waals surface area contributed by atoms with E-state index in [1.807, 2.05) is 27.1 Å². The summed E-state index contributed by atoms with van der Waals surface area (Å²) in [5.74, 6) is 2.99. The van der Waals surface area contributed by atoms with Gasteiger partial charge >= 0.3 is 0 Å². The minimum Gasteiger partial charge on any atom is -0.373 e. The molecule has 0 amide bonds. The minimum atomic E-state index is 0.542. The first-order valence-corrected chi connectivity index (χ1v) is 5.29. The Morgan fingerprint density at radius 1 is 1.29 bits per heavy atom. The first kappa shape index (κ1) is 11.3. The van der Waals surface area contributed by atoms with Crippen molar-refractivity contribution >= 4 is 11.6 Å². The number of rotatable bonds is 4. The van der Waals surface area contributed by atoms with Gasteiger partial charge in [-0.1, -0.05) is 0 Å². The lowest BCUT2D eigenvalue weighted by molar-refractivity contribution is 0.747. The number of aryl methyl sites for hydroxylation is 2. The average molecular weight is 233 g/mol. The first-order valence-electron chi connectivity index (χ1n) is 5.29. The molecule has 0 bridgehead atoms. The molecule has 0 aliphatic carbocycles. The van der Waals surface area contributed by atoms with E-state index < -0.39 is 0 Å². The van der Waals surface area contributed by atoms with Crippen molar-refractivity contribution in [3.8, 4) is 0 Å². The van der Waals surface area contributed by atoms with E-state index in [0.717, 1.165) is 17.5 Å². The van der Waals surface area contributed by atoms with Gasteiger partial charge in [0.25, 0.3) is 0 Å². The number of nitrogens with zero attached hydrogens (tertiary/aromatic N) is 5. The van der Waals surface area contributed by atoms with Crippen LogP contribution in [0.15, 0.2) is 12.4 Å². The van der Waals surface area contributed by atoms with Crippen LogP contribution in [0.4, 0.5) is 11.6 Å². The van der Waals surface area contributed by atoms with Crippen LogP contribution in [0.3, 0.4) is 0 Å². The van der Waals surface area contributed by atoms with Gasteiger partial charge in [-0.25, -0.2) is 15.0 Å². The lowest BCUT2D eigenvalue weighted by Crippen LogP contribution is -2.06. The van der Waals surface area contributed by atoms with Crippen molar-refractivity contribution in [3.63, 3.8) is 0 Å². The zero-order valence-corrected chi connectivity index (χ0v) is 10.1. The molecule has 7 heteroatoms. The lowest BCUT2D eigenvalue weighted by Gasteiger charge is -2.06. The Labute approximate surface area is 99.3 Å². The molecule has 2 N–H and O–H groups in total. The van der Waals surface area contributed by atoms with Crippen molar-refractivity contribution in [3.05, 3.63) is 24.0 Å². The van der Waals surface area contributed by atoms with Crippen LogP contribution in [0, 0.1) is 6.92 Å². The number of hydrogen-bond acceptors (Lipinski definition) is 6. The van der Waals surface area contributed by atoms with E-state index in [-0.39, 0.29) is 0 Å². The molecule has 2 rings (SSSR count). The fourth-order valence-electron chi connectivity index (χ4n) is 1.42. The monoisotopic (exact) mass is 233 g/mol. The predicted octanol–water partition coefficient (Wildman–Crippen LogP) is 0.567. The fraction of sp³-hybridized carbons (Fsp3) is 0.400. The van der Waals surface area contributed by atoms with Crippen LogP contribution in [-0.4, -0.2) is 31.8 Å². The normalized spacial score (nSPS) is 10.3. The highest BCUT2D eigenvalue weighted by atomic mass is 15.3. The molecule has 2 heterocycles. The number of hydrogen-bond donors (Lipinski definition) is 2. The van der Waals surface area contributed by atoms with E-state index in [1.165, 1.54) is 0 Å². The minimum absolute atomic E-state index is 0.542. The molecule has 0 spiro atoms. The summed E-state index contributed by atoms with van der Waals surface area (Å²) < 4.78 is 1.67. The standard InChI is InChI=1S/C10H15N7/c1-7-14-8(11-2)4-9(15-7)12-5-10-13-6-17(3)16-10/h4,6H,5H2,1-3H3,(H2,11,12,14,15). The second kappa shape index (κ2) is 4.77. The van der Waals surface area contributed by atoms with Crippen molar-refractivity contribution in [2.75, 3.05) is 17.7 Å². The van der Waals surface area contributed by atoms with Gasteiger partial charge in [-0.05, 0) is 6.92 Å². The van der Waals surface area contributed by atoms with Crippen LogP contribution >= 0.6 is 0 Å². The molecule has 2 aromatic rings. The van der Waals surface area contributed by atoms with Gasteiger partial charge in [-0.3, -0.25) is 4.68 Å². The van der Waals surface area contributed by atoms with Crippen molar-refractivity contribution in [2.45, 2.75) is 13.5 Å². The Bertz CT molecular complexity index is 505. The Morgan fingerprint density at radius 3 is 2.71 bits per heavy atom. The van der Waals surface area contributed by atoms with Crippen LogP contribution in [0.2, 0.25) is 0 Å². The highest BCUT2D eigenvalue weighted by molar-refractivity contribution is 5.47. The molecule has 0 aliphatic rings. The molecule has 7 nitrogen and oxygen atoms in total. The van der Waals surface area contributed by atoms with Crippen LogP contribution in [-0.2, 0) is 13.6 Å². The van der Waals surface area contributed by atoms with E-state index in [9.17, 15) is 0 Å². The van der Waals surface area contributed by atoms with Gasteiger partial charge in [0.05, 0.1) is 6.54 Å². The first-order chi connectivity index (χ1) is 8.17. The molecule has 0 saturated heterocycles. The van der Waals surface area contributed by atoms with Gasteiger partial charge in [-0.15, -0.1) is 0 Å². The summed E-state index contributed by atoms with van der Waals surface area (Å²) in [6, 6.07) is 1.84. The molecule has 0 saturated carbocycles. The number of nitrogens with one attached hydrogen (secondary N) is 2. The van der Waals surface area contributed by atoms with E-state index in [1.54, 1.807) is 11.0 Å². The quantitative estimate of drug-likeness (QED) is 0.803. The van der Waals surface area contributed by atoms with E-state index in [0.29, 0.717) is 12.4 Å². The second-order valence-corrected chi connectivity index (χ2v) is 3.62. The van der Waals surface area contributed by atoms with Crippen molar-refractivity contribution in [1.29, 1.82) is 0 Å². The van der Waals surface area contributed by atoms with Crippen LogP contribution in [0.1, 0.15) is 11.6 Å². The summed E-state index contributed by atoms with van der Waals surface area (Å²) >= 11 is 0. The maximum Gasteiger partial charge on any atom is 0.169 e. The van der Waals surface area contributed by atoms with E-state index >= 15 is 0 Å². The van der Waals surface area contributed by atoms with Crippen LogP contribution in [0.5, 0.6) is 0 Å². The number of aromatic nitrogens is 5. The summed E-state index contributed by atoms with van der Waals surface area (Å²) in [5, 5.41) is 10.3. The lowest BCUT2D eigenvalue weighted by atomic mass is 10.4. The molecule has 0 aromatic carbocycles. The molecule has 2 aromatic heterocycles. The molecule has 90 valence electrons. The average Bonchev–Trinajstić information content (AvgIpc) is 2.72. The third-order valence-corrected chi connectivity index (χ3v) is 2.17. The molecular weight excluding hydrogens is 218 g/mol. The SMILES string of the molecule is CNc1cc(NCc2ncn(C)n2)nc(C)n1. The Kier molecular flexibility index (Phi) is 3.17. The highest BCUT2D eigenvalue weighted by Gasteiger charge is 2.02. The van der Waals surface area contributed by atoms with E-state index in [2.05, 4.69) is 30.7 Å². The molecule has 0 fully saturated rings. The molecule has 0 atom stereocenters. The molecule has 0 unspecified atom stereocenters. The Morgan fingerprint density at radius 2 is 2.06 bits per heavy atom. The topological polar surface area (TPSA) is 80.5 Å². The molecular formula is C10H15N7. The Balaban J connectivity index is 2.05. The summed E-state index contributed by atoms with van der Waals surface area (Å²) in [4.78, 5) is 12.6. The third-order valence-electron chi connectivity index (χ3n) is 2.17. The highest BCUT2D eigenvalue weighted by Crippen LogP contribution is 2.10. The van der Waals surface area contributed by atoms with Crippen LogP contribution in [0.25, 0.3) is 0 Å². The fourth-order valence-corrected chi connectivity index (χ4v) is 1.42. The van der Waals surface area contributed by atoms with E-state index in [4.69, 9.17) is 0 Å². The van der Waals surface area contributed by atoms with Gasteiger partial charge in [0, 0.05) is 20.2 Å². The summed E-state index contributed by atoms with van der Waals surface area (Å²) in [7, 11) is 3.66. The zero-order chi connectivity index (χ0) is 12.3. The van der Waals surface area contributed by atoms with Crippen LogP contribution < -0.4 is 10.6 Å². The van der Waals surface area contributed by atoms with Crippen molar-refractivity contribution < 1.29 is 0 Å². The van der Waals surface area contributed by atoms with Crippen molar-refractivity contribution in [1.82, 2.24) is 24.7 Å². The third kappa shape index (κ3) is 2.90. The Hall–Kier alpha value is -2.18. The zero-order valence-electron chi connectivity index (χ0n) is 10.1. The summed E-state index contributed by atoms with van der Waals surface area (Å²) in [5.41, 5.74) is 0. The van der Waals surface area contributed by atoms with Gasteiger partial charge in [0.2, 0.25) is 0 Å². The van der Waals surface area contributed by atoms with Gasteiger partial charge in [-0.2, -0.15) is 5.10 Å². The van der Waals surface area contributed by atoms with Gasteiger partial charge in [0.15, 0.2) is 5.82 Å². The summed E-state index contributed by atoms with van der Waals surface area (Å²) in [6.07, 6.45) is 1.67. The van der Waals surface area contributed by atoms with Gasteiger partial charge in [0.1, 0.15) is 23.8 Å². The van der Waals surface area contributed by atoms with Crippen molar-refractivity contribution in [2.24, 2.45) is 7.05 Å². The predicted molar refractivity (Wildman–Crippen MR) is 64.6 cm³/mol. The maximum atomic E-state index is 4.28. The molecule has 0 radical (unpaired) electrons. The smallest absolute Gasteiger partial charge is 0.169 e. The largest absolute Gasteiger partial charge is 0.373 e. The maximum absolute atomic E-state index is 4.28. The summed E-state index contributed by atoms with van der Waals surface area (Å²) in [6.45, 7) is 2.39. The number of anilines is 2. The second-order valence-electron chi connectivity index (χ2n) is 3.62. The molecule has 0 aliphatic heterocycles.